The Balaban J connectivity index is 1.58. The molecule has 1 fully saturated rings. The van der Waals surface area contributed by atoms with Gasteiger partial charge in [-0.3, -0.25) is 9.89 Å². The number of nitrogens with zero attached hydrogens (tertiary/aromatic N) is 3. The van der Waals surface area contributed by atoms with Crippen molar-refractivity contribution in [1.82, 2.24) is 20.4 Å². The van der Waals surface area contributed by atoms with E-state index in [-0.39, 0.29) is 0 Å². The van der Waals surface area contributed by atoms with E-state index in [1.807, 2.05) is 7.05 Å². The molecule has 2 rings (SSSR count). The molecular formula is C20H35N5. The molecule has 5 heteroatoms. The van der Waals surface area contributed by atoms with Gasteiger partial charge in [-0.25, -0.2) is 0 Å². The summed E-state index contributed by atoms with van der Waals surface area (Å²) in [5.41, 5.74) is 1.42. The van der Waals surface area contributed by atoms with Crippen molar-refractivity contribution in [3.63, 3.8) is 0 Å². The standard InChI is InChI=1S/C20H35N5/c1-4-18(2)23-20(21-3)22-11-8-12-24-13-15-25(16-14-24)17-19-9-6-5-7-10-19/h5-7,9-10,18H,4,8,11-17H2,1-3H3,(H2,21,22,23). The molecule has 0 amide bonds. The maximum atomic E-state index is 4.28. The van der Waals surface area contributed by atoms with E-state index in [1.54, 1.807) is 0 Å². The summed E-state index contributed by atoms with van der Waals surface area (Å²) in [5, 5.41) is 6.82. The van der Waals surface area contributed by atoms with Crippen LogP contribution >= 0.6 is 0 Å². The van der Waals surface area contributed by atoms with Gasteiger partial charge in [-0.15, -0.1) is 0 Å². The second kappa shape index (κ2) is 11.1. The lowest BCUT2D eigenvalue weighted by Crippen LogP contribution is -2.47. The molecule has 1 heterocycles. The van der Waals surface area contributed by atoms with Crippen LogP contribution in [0.3, 0.4) is 0 Å². The fourth-order valence-electron chi connectivity index (χ4n) is 3.05. The fourth-order valence-corrected chi connectivity index (χ4v) is 3.05. The van der Waals surface area contributed by atoms with Crippen molar-refractivity contribution in [2.45, 2.75) is 39.3 Å². The number of rotatable bonds is 8. The van der Waals surface area contributed by atoms with Crippen LogP contribution in [0.4, 0.5) is 0 Å². The van der Waals surface area contributed by atoms with E-state index in [4.69, 9.17) is 0 Å². The third-order valence-corrected chi connectivity index (χ3v) is 4.88. The number of guanidine groups is 1. The molecule has 1 aliphatic heterocycles. The van der Waals surface area contributed by atoms with Gasteiger partial charge in [0, 0.05) is 52.4 Å². The minimum Gasteiger partial charge on any atom is -0.356 e. The lowest BCUT2D eigenvalue weighted by atomic mass is 10.2. The van der Waals surface area contributed by atoms with Gasteiger partial charge in [0.15, 0.2) is 5.96 Å². The van der Waals surface area contributed by atoms with Gasteiger partial charge >= 0.3 is 0 Å². The lowest BCUT2D eigenvalue weighted by Gasteiger charge is -2.34. The maximum Gasteiger partial charge on any atom is 0.191 e. The maximum absolute atomic E-state index is 4.28. The van der Waals surface area contributed by atoms with E-state index in [9.17, 15) is 0 Å². The Labute approximate surface area is 153 Å². The molecule has 1 aromatic rings. The summed E-state index contributed by atoms with van der Waals surface area (Å²) in [6.07, 6.45) is 2.26. The first-order valence-electron chi connectivity index (χ1n) is 9.67. The van der Waals surface area contributed by atoms with E-state index >= 15 is 0 Å². The van der Waals surface area contributed by atoms with Crippen LogP contribution in [0.1, 0.15) is 32.3 Å². The van der Waals surface area contributed by atoms with E-state index in [0.29, 0.717) is 6.04 Å². The highest BCUT2D eigenvalue weighted by molar-refractivity contribution is 5.79. The first kappa shape index (κ1) is 19.7. The van der Waals surface area contributed by atoms with Crippen LogP contribution in [-0.2, 0) is 6.54 Å². The molecule has 5 nitrogen and oxygen atoms in total. The van der Waals surface area contributed by atoms with Crippen molar-refractivity contribution in [3.05, 3.63) is 35.9 Å². The average molecular weight is 346 g/mol. The van der Waals surface area contributed by atoms with Gasteiger partial charge < -0.3 is 15.5 Å². The van der Waals surface area contributed by atoms with Crippen LogP contribution < -0.4 is 10.6 Å². The minimum absolute atomic E-state index is 0.462. The smallest absolute Gasteiger partial charge is 0.191 e. The molecule has 1 aromatic carbocycles. The summed E-state index contributed by atoms with van der Waals surface area (Å²) in [5.74, 6) is 0.919. The van der Waals surface area contributed by atoms with Gasteiger partial charge in [0.1, 0.15) is 0 Å². The highest BCUT2D eigenvalue weighted by Crippen LogP contribution is 2.08. The summed E-state index contributed by atoms with van der Waals surface area (Å²) < 4.78 is 0. The molecule has 1 unspecified atom stereocenters. The molecule has 0 aliphatic carbocycles. The fraction of sp³-hybridized carbons (Fsp3) is 0.650. The molecule has 1 saturated heterocycles. The van der Waals surface area contributed by atoms with Gasteiger partial charge in [0.2, 0.25) is 0 Å². The summed E-state index contributed by atoms with van der Waals surface area (Å²) >= 11 is 0. The van der Waals surface area contributed by atoms with Crippen molar-refractivity contribution in [1.29, 1.82) is 0 Å². The van der Waals surface area contributed by atoms with Crippen LogP contribution in [0.25, 0.3) is 0 Å². The molecule has 0 radical (unpaired) electrons. The molecule has 1 aliphatic rings. The third-order valence-electron chi connectivity index (χ3n) is 4.88. The largest absolute Gasteiger partial charge is 0.356 e. The van der Waals surface area contributed by atoms with Crippen molar-refractivity contribution < 1.29 is 0 Å². The van der Waals surface area contributed by atoms with E-state index < -0.39 is 0 Å². The molecule has 0 aromatic heterocycles. The zero-order chi connectivity index (χ0) is 17.9. The van der Waals surface area contributed by atoms with E-state index in [1.165, 1.54) is 31.7 Å². The number of aliphatic imine (C=N–C) groups is 1. The van der Waals surface area contributed by atoms with Crippen LogP contribution in [-0.4, -0.2) is 68.1 Å². The van der Waals surface area contributed by atoms with Crippen molar-refractivity contribution in [3.8, 4) is 0 Å². The highest BCUT2D eigenvalue weighted by atomic mass is 15.3. The Hall–Kier alpha value is -1.59. The average Bonchev–Trinajstić information content (AvgIpc) is 2.66. The summed E-state index contributed by atoms with van der Waals surface area (Å²) in [4.78, 5) is 9.42. The van der Waals surface area contributed by atoms with Gasteiger partial charge in [-0.2, -0.15) is 0 Å². The zero-order valence-corrected chi connectivity index (χ0v) is 16.2. The number of hydrogen-bond acceptors (Lipinski definition) is 3. The van der Waals surface area contributed by atoms with Crippen molar-refractivity contribution >= 4 is 5.96 Å². The van der Waals surface area contributed by atoms with Gasteiger partial charge in [-0.05, 0) is 31.9 Å². The first-order chi connectivity index (χ1) is 12.2. The Bertz CT molecular complexity index is 494. The van der Waals surface area contributed by atoms with E-state index in [2.05, 4.69) is 69.6 Å². The Morgan fingerprint density at radius 3 is 2.44 bits per heavy atom. The van der Waals surface area contributed by atoms with E-state index in [0.717, 1.165) is 38.4 Å². The molecule has 0 saturated carbocycles. The SMILES string of the molecule is CCC(C)NC(=NC)NCCCN1CCN(Cc2ccccc2)CC1. The topological polar surface area (TPSA) is 42.9 Å². The van der Waals surface area contributed by atoms with Crippen molar-refractivity contribution in [2.24, 2.45) is 4.99 Å². The molecule has 25 heavy (non-hydrogen) atoms. The summed E-state index contributed by atoms with van der Waals surface area (Å²) in [6, 6.07) is 11.2. The zero-order valence-electron chi connectivity index (χ0n) is 16.2. The van der Waals surface area contributed by atoms with Crippen LogP contribution in [0.2, 0.25) is 0 Å². The minimum atomic E-state index is 0.462. The van der Waals surface area contributed by atoms with Crippen LogP contribution in [0, 0.1) is 0 Å². The molecule has 1 atom stereocenters. The van der Waals surface area contributed by atoms with Gasteiger partial charge in [0.05, 0.1) is 0 Å². The highest BCUT2D eigenvalue weighted by Gasteiger charge is 2.16. The van der Waals surface area contributed by atoms with Gasteiger partial charge in [-0.1, -0.05) is 37.3 Å². The Morgan fingerprint density at radius 1 is 1.12 bits per heavy atom. The Morgan fingerprint density at radius 2 is 1.80 bits per heavy atom. The lowest BCUT2D eigenvalue weighted by molar-refractivity contribution is 0.126. The van der Waals surface area contributed by atoms with Crippen LogP contribution in [0.5, 0.6) is 0 Å². The second-order valence-electron chi connectivity index (χ2n) is 6.91. The normalized spacial score (nSPS) is 18.1. The Kier molecular flexibility index (Phi) is 8.77. The van der Waals surface area contributed by atoms with Crippen LogP contribution in [0.15, 0.2) is 35.3 Å². The summed E-state index contributed by atoms with van der Waals surface area (Å²) in [7, 11) is 1.84. The molecular weight excluding hydrogens is 310 g/mol. The quantitative estimate of drug-likeness (QED) is 0.430. The molecule has 0 spiro atoms. The first-order valence-corrected chi connectivity index (χ1v) is 9.67. The second-order valence-corrected chi connectivity index (χ2v) is 6.91. The molecule has 140 valence electrons. The van der Waals surface area contributed by atoms with Crippen molar-refractivity contribution in [2.75, 3.05) is 46.3 Å². The number of hydrogen-bond donors (Lipinski definition) is 2. The number of piperazine rings is 1. The monoisotopic (exact) mass is 345 g/mol. The predicted molar refractivity (Wildman–Crippen MR) is 107 cm³/mol. The molecule has 0 bridgehead atoms. The predicted octanol–water partition coefficient (Wildman–Crippen LogP) is 2.16. The number of nitrogens with one attached hydrogen (secondary N) is 2. The number of benzene rings is 1. The molecule has 2 N–H and O–H groups in total. The summed E-state index contributed by atoms with van der Waals surface area (Å²) in [6.45, 7) is 12.3. The van der Waals surface area contributed by atoms with Gasteiger partial charge in [0.25, 0.3) is 0 Å². The third kappa shape index (κ3) is 7.45.